The average Bonchev–Trinajstić information content (AvgIpc) is 2.83. The summed E-state index contributed by atoms with van der Waals surface area (Å²) in [4.78, 5) is 2.08. The van der Waals surface area contributed by atoms with Crippen LogP contribution in [0.1, 0.15) is 5.56 Å². The molecule has 1 aromatic rings. The molecule has 0 saturated carbocycles. The molecule has 1 heterocycles. The standard InChI is InChI=1S/C10H19N7/c1-17(2)9-5-3-8(4-6-9)7-11-12-10-13-15-16-14-10/h3-6,10-16H,7H2,1-2H3. The molecule has 0 aliphatic carbocycles. The first-order valence-electron chi connectivity index (χ1n) is 5.51. The third kappa shape index (κ3) is 3.63. The van der Waals surface area contributed by atoms with Gasteiger partial charge in [0.2, 0.25) is 0 Å². The highest BCUT2D eigenvalue weighted by molar-refractivity contribution is 5.45. The predicted molar refractivity (Wildman–Crippen MR) is 67.1 cm³/mol. The van der Waals surface area contributed by atoms with Crippen molar-refractivity contribution >= 4 is 5.69 Å². The van der Waals surface area contributed by atoms with E-state index in [1.165, 1.54) is 11.3 Å². The van der Waals surface area contributed by atoms with Crippen LogP contribution in [0.5, 0.6) is 0 Å². The van der Waals surface area contributed by atoms with E-state index in [0.29, 0.717) is 0 Å². The number of hydrazine groups is 4. The van der Waals surface area contributed by atoms with Gasteiger partial charge in [0.25, 0.3) is 0 Å². The Balaban J connectivity index is 1.74. The Morgan fingerprint density at radius 3 is 2.35 bits per heavy atom. The average molecular weight is 237 g/mol. The van der Waals surface area contributed by atoms with Gasteiger partial charge in [-0.05, 0) is 17.7 Å². The first-order chi connectivity index (χ1) is 8.25. The molecule has 2 rings (SSSR count). The van der Waals surface area contributed by atoms with Crippen molar-refractivity contribution in [3.05, 3.63) is 29.8 Å². The Bertz CT molecular complexity index is 331. The van der Waals surface area contributed by atoms with Gasteiger partial charge in [0, 0.05) is 26.3 Å². The van der Waals surface area contributed by atoms with Gasteiger partial charge in [-0.3, -0.25) is 5.43 Å². The fourth-order valence-corrected chi connectivity index (χ4v) is 1.49. The van der Waals surface area contributed by atoms with E-state index in [4.69, 9.17) is 0 Å². The zero-order valence-electron chi connectivity index (χ0n) is 10.0. The lowest BCUT2D eigenvalue weighted by molar-refractivity contribution is 0.363. The van der Waals surface area contributed by atoms with Crippen LogP contribution in [-0.4, -0.2) is 20.4 Å². The van der Waals surface area contributed by atoms with E-state index in [-0.39, 0.29) is 6.29 Å². The van der Waals surface area contributed by atoms with Crippen LogP contribution in [0.4, 0.5) is 5.69 Å². The lowest BCUT2D eigenvalue weighted by atomic mass is 10.2. The normalized spacial score (nSPS) is 16.4. The van der Waals surface area contributed by atoms with Gasteiger partial charge in [0.15, 0.2) is 6.29 Å². The molecule has 7 heteroatoms. The van der Waals surface area contributed by atoms with Gasteiger partial charge in [-0.2, -0.15) is 11.1 Å². The molecule has 0 atom stereocenters. The van der Waals surface area contributed by atoms with Gasteiger partial charge in [-0.15, -0.1) is 0 Å². The monoisotopic (exact) mass is 237 g/mol. The maximum absolute atomic E-state index is 3.12. The lowest BCUT2D eigenvalue weighted by Crippen LogP contribution is -2.52. The van der Waals surface area contributed by atoms with Crippen LogP contribution in [-0.2, 0) is 6.54 Å². The second kappa shape index (κ2) is 5.92. The first-order valence-corrected chi connectivity index (χ1v) is 5.51. The molecular formula is C10H19N7. The maximum atomic E-state index is 3.12. The van der Waals surface area contributed by atoms with E-state index in [0.717, 1.165) is 6.54 Å². The number of hydrogen-bond donors (Lipinski definition) is 6. The highest BCUT2D eigenvalue weighted by Gasteiger charge is 2.09. The van der Waals surface area contributed by atoms with Gasteiger partial charge < -0.3 is 4.90 Å². The number of rotatable bonds is 5. The largest absolute Gasteiger partial charge is 0.378 e. The Hall–Kier alpha value is -1.22. The highest BCUT2D eigenvalue weighted by atomic mass is 15.9. The molecule has 1 aromatic carbocycles. The molecule has 7 nitrogen and oxygen atoms in total. The van der Waals surface area contributed by atoms with Crippen LogP contribution in [0.15, 0.2) is 24.3 Å². The molecule has 0 amide bonds. The molecule has 0 bridgehead atoms. The van der Waals surface area contributed by atoms with E-state index in [9.17, 15) is 0 Å². The highest BCUT2D eigenvalue weighted by Crippen LogP contribution is 2.11. The number of nitrogens with one attached hydrogen (secondary N) is 6. The zero-order valence-corrected chi connectivity index (χ0v) is 10.0. The van der Waals surface area contributed by atoms with Crippen LogP contribution in [0.2, 0.25) is 0 Å². The number of benzene rings is 1. The number of hydrogen-bond acceptors (Lipinski definition) is 7. The van der Waals surface area contributed by atoms with Crippen molar-refractivity contribution in [3.63, 3.8) is 0 Å². The van der Waals surface area contributed by atoms with Crippen molar-refractivity contribution in [1.82, 2.24) is 32.8 Å². The molecule has 94 valence electrons. The Morgan fingerprint density at radius 1 is 1.12 bits per heavy atom. The summed E-state index contributed by atoms with van der Waals surface area (Å²) in [6, 6.07) is 8.42. The quantitative estimate of drug-likeness (QED) is 0.357. The summed E-state index contributed by atoms with van der Waals surface area (Å²) in [6.45, 7) is 0.758. The third-order valence-electron chi connectivity index (χ3n) is 2.49. The summed E-state index contributed by atoms with van der Waals surface area (Å²) in [5.74, 6) is 0. The summed E-state index contributed by atoms with van der Waals surface area (Å²) < 4.78 is 0. The first kappa shape index (κ1) is 12.2. The topological polar surface area (TPSA) is 75.4 Å². The van der Waals surface area contributed by atoms with Crippen molar-refractivity contribution in [1.29, 1.82) is 0 Å². The molecule has 1 aliphatic heterocycles. The molecule has 0 spiro atoms. The SMILES string of the molecule is CN(C)c1ccc(CNNC2NNNN2)cc1. The molecule has 1 saturated heterocycles. The van der Waals surface area contributed by atoms with E-state index in [1.807, 2.05) is 14.1 Å². The van der Waals surface area contributed by atoms with Crippen molar-refractivity contribution in [2.45, 2.75) is 12.8 Å². The Kier molecular flexibility index (Phi) is 4.26. The van der Waals surface area contributed by atoms with Gasteiger partial charge in [-0.25, -0.2) is 16.3 Å². The summed E-state index contributed by atoms with van der Waals surface area (Å²) >= 11 is 0. The summed E-state index contributed by atoms with van der Waals surface area (Å²) in [6.07, 6.45) is -0.0453. The second-order valence-electron chi connectivity index (χ2n) is 4.03. The minimum absolute atomic E-state index is 0.0453. The smallest absolute Gasteiger partial charge is 0.152 e. The summed E-state index contributed by atoms with van der Waals surface area (Å²) in [7, 11) is 4.07. The van der Waals surface area contributed by atoms with Crippen molar-refractivity contribution in [2.24, 2.45) is 0 Å². The van der Waals surface area contributed by atoms with Crippen LogP contribution in [0.25, 0.3) is 0 Å². The van der Waals surface area contributed by atoms with Crippen LogP contribution in [0, 0.1) is 0 Å². The van der Waals surface area contributed by atoms with E-state index in [2.05, 4.69) is 61.9 Å². The van der Waals surface area contributed by atoms with E-state index >= 15 is 0 Å². The van der Waals surface area contributed by atoms with Gasteiger partial charge in [0.05, 0.1) is 0 Å². The molecule has 1 fully saturated rings. The molecule has 17 heavy (non-hydrogen) atoms. The fraction of sp³-hybridized carbons (Fsp3) is 0.400. The molecule has 1 aliphatic rings. The molecule has 0 aromatic heterocycles. The van der Waals surface area contributed by atoms with E-state index < -0.39 is 0 Å². The fourth-order valence-electron chi connectivity index (χ4n) is 1.49. The van der Waals surface area contributed by atoms with Gasteiger partial charge >= 0.3 is 0 Å². The van der Waals surface area contributed by atoms with Crippen molar-refractivity contribution in [3.8, 4) is 0 Å². The minimum atomic E-state index is -0.0453. The lowest BCUT2D eigenvalue weighted by Gasteiger charge is -2.14. The zero-order chi connectivity index (χ0) is 12.1. The predicted octanol–water partition coefficient (Wildman–Crippen LogP) is -1.25. The minimum Gasteiger partial charge on any atom is -0.378 e. The third-order valence-corrected chi connectivity index (χ3v) is 2.49. The van der Waals surface area contributed by atoms with Gasteiger partial charge in [0.1, 0.15) is 0 Å². The van der Waals surface area contributed by atoms with Crippen molar-refractivity contribution < 1.29 is 0 Å². The Labute approximate surface area is 101 Å². The summed E-state index contributed by atoms with van der Waals surface area (Å²) in [5.41, 5.74) is 19.9. The Morgan fingerprint density at radius 2 is 1.76 bits per heavy atom. The molecule has 0 radical (unpaired) electrons. The second-order valence-corrected chi connectivity index (χ2v) is 4.03. The van der Waals surface area contributed by atoms with E-state index in [1.54, 1.807) is 0 Å². The van der Waals surface area contributed by atoms with Crippen LogP contribution in [0.3, 0.4) is 0 Å². The van der Waals surface area contributed by atoms with Crippen LogP contribution >= 0.6 is 0 Å². The number of anilines is 1. The van der Waals surface area contributed by atoms with Crippen molar-refractivity contribution in [2.75, 3.05) is 19.0 Å². The summed E-state index contributed by atoms with van der Waals surface area (Å²) in [5, 5.41) is 0. The molecule has 6 N–H and O–H groups in total. The van der Waals surface area contributed by atoms with Crippen LogP contribution < -0.4 is 37.7 Å². The number of nitrogens with zero attached hydrogens (tertiary/aromatic N) is 1. The molecular weight excluding hydrogens is 218 g/mol. The van der Waals surface area contributed by atoms with Gasteiger partial charge in [-0.1, -0.05) is 12.1 Å². The molecule has 0 unspecified atom stereocenters. The maximum Gasteiger partial charge on any atom is 0.152 e.